The van der Waals surface area contributed by atoms with Crippen molar-refractivity contribution in [2.75, 3.05) is 6.61 Å². The monoisotopic (exact) mass is 275 g/mol. The highest BCUT2D eigenvalue weighted by atomic mass is 16.6. The maximum absolute atomic E-state index is 11.0. The van der Waals surface area contributed by atoms with Gasteiger partial charge < -0.3 is 9.84 Å². The van der Waals surface area contributed by atoms with Crippen LogP contribution >= 0.6 is 0 Å². The van der Waals surface area contributed by atoms with Gasteiger partial charge in [0.1, 0.15) is 12.4 Å². The Morgan fingerprint density at radius 3 is 2.50 bits per heavy atom. The lowest BCUT2D eigenvalue weighted by atomic mass is 10.1. The molecule has 1 unspecified atom stereocenters. The highest BCUT2D eigenvalue weighted by molar-refractivity contribution is 5.95. The van der Waals surface area contributed by atoms with Crippen molar-refractivity contribution in [2.45, 2.75) is 25.9 Å². The first-order chi connectivity index (χ1) is 9.44. The summed E-state index contributed by atoms with van der Waals surface area (Å²) in [6.07, 6.45) is 0.567. The number of ether oxygens (including phenoxy) is 1. The van der Waals surface area contributed by atoms with Crippen LogP contribution in [-0.4, -0.2) is 22.2 Å². The van der Waals surface area contributed by atoms with E-state index in [-0.39, 0.29) is 12.3 Å². The topological polar surface area (TPSA) is 72.6 Å². The summed E-state index contributed by atoms with van der Waals surface area (Å²) in [6, 6.07) is 10.0. The summed E-state index contributed by atoms with van der Waals surface area (Å²) in [4.78, 5) is 10.6. The van der Waals surface area contributed by atoms with Gasteiger partial charge in [0.25, 0.3) is 5.69 Å². The predicted octanol–water partition coefficient (Wildman–Crippen LogP) is 3.29. The van der Waals surface area contributed by atoms with Gasteiger partial charge in [-0.15, -0.1) is 0 Å². The third-order valence-corrected chi connectivity index (χ3v) is 3.36. The Kier molecular flexibility index (Phi) is 3.90. The molecule has 2 rings (SSSR count). The Labute approximate surface area is 116 Å². The number of rotatable bonds is 5. The molecule has 0 aliphatic heterocycles. The third-order valence-electron chi connectivity index (χ3n) is 3.36. The first kappa shape index (κ1) is 14.3. The highest BCUT2D eigenvalue weighted by Gasteiger charge is 2.20. The van der Waals surface area contributed by atoms with E-state index in [1.165, 1.54) is 6.07 Å². The fourth-order valence-corrected chi connectivity index (χ4v) is 1.88. The molecular weight excluding hydrogens is 258 g/mol. The zero-order chi connectivity index (χ0) is 14.8. The fourth-order valence-electron chi connectivity index (χ4n) is 1.88. The van der Waals surface area contributed by atoms with Gasteiger partial charge in [0, 0.05) is 11.5 Å². The van der Waals surface area contributed by atoms with Crippen molar-refractivity contribution in [3.63, 3.8) is 0 Å². The molecule has 5 heteroatoms. The molecule has 0 aromatic heterocycles. The Morgan fingerprint density at radius 2 is 1.90 bits per heavy atom. The van der Waals surface area contributed by atoms with Gasteiger partial charge >= 0.3 is 0 Å². The standard InChI is InChI=1S/C15H17NO4/c1-3-15(2,17)10-20-14-9-8-13(16(18)19)11-6-4-5-7-12(11)14/h4-9,17H,3,10H2,1-2H3. The smallest absolute Gasteiger partial charge is 0.277 e. The fraction of sp³-hybridized carbons (Fsp3) is 0.333. The van der Waals surface area contributed by atoms with Crippen LogP contribution in [0.4, 0.5) is 5.69 Å². The first-order valence-corrected chi connectivity index (χ1v) is 6.46. The van der Waals surface area contributed by atoms with E-state index in [1.807, 2.05) is 6.92 Å². The van der Waals surface area contributed by atoms with E-state index in [1.54, 1.807) is 37.3 Å². The van der Waals surface area contributed by atoms with Crippen LogP contribution in [0.25, 0.3) is 10.8 Å². The van der Waals surface area contributed by atoms with Crippen molar-refractivity contribution in [2.24, 2.45) is 0 Å². The molecule has 0 aliphatic carbocycles. The Balaban J connectivity index is 2.41. The van der Waals surface area contributed by atoms with E-state index in [0.29, 0.717) is 22.9 Å². The number of hydrogen-bond acceptors (Lipinski definition) is 4. The van der Waals surface area contributed by atoms with Crippen LogP contribution in [-0.2, 0) is 0 Å². The maximum atomic E-state index is 11.0. The zero-order valence-electron chi connectivity index (χ0n) is 11.5. The molecule has 1 N–H and O–H groups in total. The number of nitrogens with zero attached hydrogens (tertiary/aromatic N) is 1. The van der Waals surface area contributed by atoms with E-state index in [0.717, 1.165) is 0 Å². The summed E-state index contributed by atoms with van der Waals surface area (Å²) in [6.45, 7) is 3.71. The lowest BCUT2D eigenvalue weighted by Gasteiger charge is -2.22. The summed E-state index contributed by atoms with van der Waals surface area (Å²) in [5, 5.41) is 22.2. The zero-order valence-corrected chi connectivity index (χ0v) is 11.5. The Hall–Kier alpha value is -2.14. The van der Waals surface area contributed by atoms with Gasteiger partial charge in [-0.05, 0) is 25.5 Å². The van der Waals surface area contributed by atoms with Gasteiger partial charge in [0.05, 0.1) is 15.9 Å². The molecule has 20 heavy (non-hydrogen) atoms. The minimum atomic E-state index is -0.914. The first-order valence-electron chi connectivity index (χ1n) is 6.46. The second-order valence-electron chi connectivity index (χ2n) is 5.02. The molecule has 0 radical (unpaired) electrons. The second kappa shape index (κ2) is 5.46. The van der Waals surface area contributed by atoms with Gasteiger partial charge in [-0.1, -0.05) is 25.1 Å². The lowest BCUT2D eigenvalue weighted by Crippen LogP contribution is -2.31. The molecule has 1 atom stereocenters. The van der Waals surface area contributed by atoms with Crippen LogP contribution < -0.4 is 4.74 Å². The predicted molar refractivity (Wildman–Crippen MR) is 77.0 cm³/mol. The minimum Gasteiger partial charge on any atom is -0.490 e. The van der Waals surface area contributed by atoms with Crippen LogP contribution in [0.2, 0.25) is 0 Å². The quantitative estimate of drug-likeness (QED) is 0.671. The molecule has 106 valence electrons. The van der Waals surface area contributed by atoms with Crippen molar-refractivity contribution < 1.29 is 14.8 Å². The molecular formula is C15H17NO4. The van der Waals surface area contributed by atoms with Crippen LogP contribution in [0, 0.1) is 10.1 Å². The number of nitro groups is 1. The normalized spacial score (nSPS) is 13.9. The van der Waals surface area contributed by atoms with E-state index in [9.17, 15) is 15.2 Å². The molecule has 2 aromatic rings. The SMILES string of the molecule is CCC(C)(O)COc1ccc([N+](=O)[O-])c2ccccc12. The summed E-state index contributed by atoms with van der Waals surface area (Å²) in [5.74, 6) is 0.542. The Bertz CT molecular complexity index is 637. The summed E-state index contributed by atoms with van der Waals surface area (Å²) >= 11 is 0. The van der Waals surface area contributed by atoms with Gasteiger partial charge in [-0.3, -0.25) is 10.1 Å². The molecule has 0 spiro atoms. The van der Waals surface area contributed by atoms with Crippen molar-refractivity contribution in [1.29, 1.82) is 0 Å². The van der Waals surface area contributed by atoms with Crippen molar-refractivity contribution in [1.82, 2.24) is 0 Å². The highest BCUT2D eigenvalue weighted by Crippen LogP contribution is 2.33. The molecule has 0 amide bonds. The van der Waals surface area contributed by atoms with E-state index >= 15 is 0 Å². The minimum absolute atomic E-state index is 0.0511. The number of hydrogen-bond donors (Lipinski definition) is 1. The molecule has 0 saturated carbocycles. The summed E-state index contributed by atoms with van der Waals surface area (Å²) < 4.78 is 5.64. The molecule has 0 fully saturated rings. The van der Waals surface area contributed by atoms with Gasteiger partial charge in [-0.2, -0.15) is 0 Å². The average Bonchev–Trinajstić information content (AvgIpc) is 2.44. The summed E-state index contributed by atoms with van der Waals surface area (Å²) in [7, 11) is 0. The largest absolute Gasteiger partial charge is 0.490 e. The van der Waals surface area contributed by atoms with Crippen LogP contribution in [0.5, 0.6) is 5.75 Å². The molecule has 0 bridgehead atoms. The number of fused-ring (bicyclic) bond motifs is 1. The van der Waals surface area contributed by atoms with Gasteiger partial charge in [-0.25, -0.2) is 0 Å². The van der Waals surface area contributed by atoms with Crippen molar-refractivity contribution in [3.05, 3.63) is 46.5 Å². The third kappa shape index (κ3) is 2.88. The van der Waals surface area contributed by atoms with Crippen molar-refractivity contribution >= 4 is 16.5 Å². The second-order valence-corrected chi connectivity index (χ2v) is 5.02. The molecule has 2 aromatic carbocycles. The van der Waals surface area contributed by atoms with Gasteiger partial charge in [0.15, 0.2) is 0 Å². The average molecular weight is 275 g/mol. The van der Waals surface area contributed by atoms with Crippen LogP contribution in [0.3, 0.4) is 0 Å². The maximum Gasteiger partial charge on any atom is 0.277 e. The molecule has 0 heterocycles. The number of non-ortho nitro benzene ring substituents is 1. The number of aliphatic hydroxyl groups is 1. The van der Waals surface area contributed by atoms with E-state index in [2.05, 4.69) is 0 Å². The molecule has 5 nitrogen and oxygen atoms in total. The lowest BCUT2D eigenvalue weighted by molar-refractivity contribution is -0.383. The number of benzene rings is 2. The molecule has 0 aliphatic rings. The van der Waals surface area contributed by atoms with Crippen LogP contribution in [0.1, 0.15) is 20.3 Å². The van der Waals surface area contributed by atoms with Crippen LogP contribution in [0.15, 0.2) is 36.4 Å². The Morgan fingerprint density at radius 1 is 1.25 bits per heavy atom. The number of nitro benzene ring substituents is 1. The van der Waals surface area contributed by atoms with E-state index < -0.39 is 10.5 Å². The van der Waals surface area contributed by atoms with Crippen molar-refractivity contribution in [3.8, 4) is 5.75 Å². The van der Waals surface area contributed by atoms with Gasteiger partial charge in [0.2, 0.25) is 0 Å². The van der Waals surface area contributed by atoms with E-state index in [4.69, 9.17) is 4.74 Å². The summed E-state index contributed by atoms with van der Waals surface area (Å²) in [5.41, 5.74) is -0.863. The molecule has 0 saturated heterocycles.